The largest absolute Gasteiger partial charge is 0.423 e. The lowest BCUT2D eigenvalue weighted by atomic mass is 9.47. The van der Waals surface area contributed by atoms with Gasteiger partial charge in [-0.05, 0) is 73.5 Å². The van der Waals surface area contributed by atoms with E-state index in [1.54, 1.807) is 18.2 Å². The van der Waals surface area contributed by atoms with Crippen molar-refractivity contribution in [2.75, 3.05) is 0 Å². The number of amides is 1. The van der Waals surface area contributed by atoms with Crippen molar-refractivity contribution in [1.82, 2.24) is 5.32 Å². The molecule has 0 bridgehead atoms. The number of ether oxygens (including phenoxy) is 1. The molecule has 5 rings (SSSR count). The van der Waals surface area contributed by atoms with E-state index in [4.69, 9.17) is 4.74 Å². The summed E-state index contributed by atoms with van der Waals surface area (Å²) < 4.78 is 19.6. The molecule has 1 heterocycles. The Morgan fingerprint density at radius 3 is 2.74 bits per heavy atom. The van der Waals surface area contributed by atoms with Gasteiger partial charge >= 0.3 is 5.97 Å². The van der Waals surface area contributed by atoms with Crippen LogP contribution < -0.4 is 10.1 Å². The highest BCUT2D eigenvalue weighted by Crippen LogP contribution is 2.66. The highest BCUT2D eigenvalue weighted by atomic mass is 19.1. The van der Waals surface area contributed by atoms with E-state index < -0.39 is 5.82 Å². The van der Waals surface area contributed by atoms with Crippen LogP contribution in [0.2, 0.25) is 0 Å². The number of carbonyl (C=O) groups excluding carboxylic acids is 2. The van der Waals surface area contributed by atoms with Gasteiger partial charge in [-0.2, -0.15) is 0 Å². The van der Waals surface area contributed by atoms with Crippen molar-refractivity contribution in [2.24, 2.45) is 34.5 Å². The smallest absolute Gasteiger partial charge is 0.314 e. The molecule has 0 saturated heterocycles. The van der Waals surface area contributed by atoms with Gasteiger partial charge in [-0.1, -0.05) is 44.2 Å². The second-order valence-electron chi connectivity index (χ2n) is 10.4. The molecule has 5 heteroatoms. The number of nitrogens with one attached hydrogen (secondary N) is 1. The summed E-state index contributed by atoms with van der Waals surface area (Å²) in [5.41, 5.74) is 0.923. The molecule has 4 aliphatic rings. The number of hydrogen-bond acceptors (Lipinski definition) is 3. The zero-order valence-electron chi connectivity index (χ0n) is 18.2. The van der Waals surface area contributed by atoms with E-state index in [1.165, 1.54) is 17.7 Å². The molecular formula is C26H30FNO3. The molecule has 0 radical (unpaired) electrons. The Labute approximate surface area is 182 Å². The van der Waals surface area contributed by atoms with Crippen LogP contribution in [0.5, 0.6) is 5.75 Å². The van der Waals surface area contributed by atoms with Gasteiger partial charge < -0.3 is 10.1 Å². The van der Waals surface area contributed by atoms with Crippen molar-refractivity contribution >= 4 is 11.9 Å². The van der Waals surface area contributed by atoms with Gasteiger partial charge in [0, 0.05) is 11.5 Å². The van der Waals surface area contributed by atoms with E-state index in [0.29, 0.717) is 17.8 Å². The highest BCUT2D eigenvalue weighted by Gasteiger charge is 2.62. The molecule has 3 aliphatic carbocycles. The first-order chi connectivity index (χ1) is 14.7. The van der Waals surface area contributed by atoms with Gasteiger partial charge in [-0.3, -0.25) is 9.59 Å². The molecule has 31 heavy (non-hydrogen) atoms. The second kappa shape index (κ2) is 7.04. The van der Waals surface area contributed by atoms with Gasteiger partial charge in [0.25, 0.3) is 0 Å². The third-order valence-corrected chi connectivity index (χ3v) is 9.00. The zero-order chi connectivity index (χ0) is 22.0. The van der Waals surface area contributed by atoms with E-state index in [0.717, 1.165) is 32.1 Å². The second-order valence-corrected chi connectivity index (χ2v) is 10.4. The van der Waals surface area contributed by atoms with Gasteiger partial charge in [0.1, 0.15) is 0 Å². The number of hydrogen-bond donors (Lipinski definition) is 1. The fraction of sp³-hybridized carbons (Fsp3) is 0.538. The minimum absolute atomic E-state index is 0.00810. The van der Waals surface area contributed by atoms with Crippen LogP contribution in [0, 0.1) is 40.3 Å². The van der Waals surface area contributed by atoms with Gasteiger partial charge in [0.2, 0.25) is 5.91 Å². The Morgan fingerprint density at radius 2 is 1.97 bits per heavy atom. The molecule has 0 spiro atoms. The van der Waals surface area contributed by atoms with E-state index >= 15 is 0 Å². The maximum Gasteiger partial charge on any atom is 0.314 e. The Bertz CT molecular complexity index is 987. The van der Waals surface area contributed by atoms with Crippen LogP contribution >= 0.6 is 0 Å². The number of fused-ring (bicyclic) bond motifs is 5. The van der Waals surface area contributed by atoms with Crippen molar-refractivity contribution in [3.63, 3.8) is 0 Å². The van der Waals surface area contributed by atoms with Gasteiger partial charge in [0.05, 0.1) is 5.92 Å². The van der Waals surface area contributed by atoms with E-state index in [2.05, 4.69) is 31.8 Å². The van der Waals surface area contributed by atoms with Crippen LogP contribution in [0.15, 0.2) is 48.6 Å². The molecular weight excluding hydrogens is 393 g/mol. The Balaban J connectivity index is 1.42. The summed E-state index contributed by atoms with van der Waals surface area (Å²) in [5.74, 6) is -0.00604. The maximum absolute atomic E-state index is 14.0. The van der Waals surface area contributed by atoms with Crippen LogP contribution in [0.3, 0.4) is 0 Å². The number of para-hydroxylation sites is 1. The average Bonchev–Trinajstić information content (AvgIpc) is 3.08. The SMILES string of the molecule is C=C1C[C@H]2NC(=O)C=C[C@]2(C)[C@H]2CC[C@]3(C)[C@@H](C(=O)Oc4ccccc4F)CC[C@H]3[C@H]12. The van der Waals surface area contributed by atoms with E-state index in [-0.39, 0.29) is 40.4 Å². The van der Waals surface area contributed by atoms with Gasteiger partial charge in [-0.15, -0.1) is 0 Å². The van der Waals surface area contributed by atoms with Crippen molar-refractivity contribution in [3.8, 4) is 5.75 Å². The molecule has 0 aromatic heterocycles. The Hall–Kier alpha value is -2.43. The minimum atomic E-state index is -0.509. The first-order valence-electron chi connectivity index (χ1n) is 11.4. The lowest BCUT2D eigenvalue weighted by molar-refractivity contribution is -0.146. The molecule has 4 nitrogen and oxygen atoms in total. The van der Waals surface area contributed by atoms with Crippen LogP contribution in [0.4, 0.5) is 4.39 Å². The number of halogens is 1. The van der Waals surface area contributed by atoms with Gasteiger partial charge in [-0.25, -0.2) is 4.39 Å². The average molecular weight is 424 g/mol. The molecule has 1 aromatic carbocycles. The van der Waals surface area contributed by atoms with Crippen LogP contribution in [0.25, 0.3) is 0 Å². The third kappa shape index (κ3) is 3.00. The van der Waals surface area contributed by atoms with Crippen LogP contribution in [-0.2, 0) is 9.59 Å². The first kappa shape index (κ1) is 20.5. The topological polar surface area (TPSA) is 55.4 Å². The number of esters is 1. The van der Waals surface area contributed by atoms with E-state index in [9.17, 15) is 14.0 Å². The molecule has 3 saturated carbocycles. The monoisotopic (exact) mass is 423 g/mol. The van der Waals surface area contributed by atoms with Gasteiger partial charge in [0.15, 0.2) is 11.6 Å². The Morgan fingerprint density at radius 1 is 1.19 bits per heavy atom. The molecule has 1 amide bonds. The summed E-state index contributed by atoms with van der Waals surface area (Å²) in [6, 6.07) is 6.17. The maximum atomic E-state index is 14.0. The number of benzene rings is 1. The van der Waals surface area contributed by atoms with E-state index in [1.807, 2.05) is 0 Å². The molecule has 1 aliphatic heterocycles. The lowest BCUT2D eigenvalue weighted by Gasteiger charge is -2.59. The summed E-state index contributed by atoms with van der Waals surface area (Å²) in [5, 5.41) is 3.15. The number of rotatable bonds is 2. The highest BCUT2D eigenvalue weighted by molar-refractivity contribution is 5.89. The Kier molecular flexibility index (Phi) is 4.65. The van der Waals surface area contributed by atoms with Crippen molar-refractivity contribution < 1.29 is 18.7 Å². The standard InChI is InChI=1S/C26H30FNO3/c1-15-14-21-26(3,13-11-22(29)28-21)17-10-12-25(2)16(23(15)17)8-9-18(25)24(30)31-20-7-5-4-6-19(20)27/h4-7,11,13,16-18,21,23H,1,8-10,12,14H2,2-3H3,(H,28,29)/t16-,17-,18+,21+,23-,25-,26+/m0/s1. The molecule has 3 fully saturated rings. The van der Waals surface area contributed by atoms with Crippen LogP contribution in [0.1, 0.15) is 46.0 Å². The lowest BCUT2D eigenvalue weighted by Crippen LogP contribution is -2.60. The predicted octanol–water partition coefficient (Wildman–Crippen LogP) is 4.81. The van der Waals surface area contributed by atoms with Crippen molar-refractivity contribution in [1.29, 1.82) is 0 Å². The fourth-order valence-corrected chi connectivity index (χ4v) is 7.30. The first-order valence-corrected chi connectivity index (χ1v) is 11.4. The van der Waals surface area contributed by atoms with Crippen LogP contribution in [-0.4, -0.2) is 17.9 Å². The normalized spacial score (nSPS) is 41.1. The summed E-state index contributed by atoms with van der Waals surface area (Å²) in [4.78, 5) is 25.1. The summed E-state index contributed by atoms with van der Waals surface area (Å²) in [6.45, 7) is 8.93. The van der Waals surface area contributed by atoms with Crippen molar-refractivity contribution in [3.05, 3.63) is 54.4 Å². The summed E-state index contributed by atoms with van der Waals surface area (Å²) >= 11 is 0. The summed E-state index contributed by atoms with van der Waals surface area (Å²) in [7, 11) is 0. The summed E-state index contributed by atoms with van der Waals surface area (Å²) in [6.07, 6.45) is 8.19. The quantitative estimate of drug-likeness (QED) is 0.422. The fourth-order valence-electron chi connectivity index (χ4n) is 7.30. The minimum Gasteiger partial charge on any atom is -0.423 e. The zero-order valence-corrected chi connectivity index (χ0v) is 18.2. The molecule has 7 atom stereocenters. The molecule has 0 unspecified atom stereocenters. The number of carbonyl (C=O) groups is 2. The predicted molar refractivity (Wildman–Crippen MR) is 116 cm³/mol. The molecule has 1 N–H and O–H groups in total. The molecule has 1 aromatic rings. The van der Waals surface area contributed by atoms with Crippen molar-refractivity contribution in [2.45, 2.75) is 52.0 Å². The molecule has 164 valence electrons. The third-order valence-electron chi connectivity index (χ3n) is 9.00.